The number of hydrogen-bond acceptors (Lipinski definition) is 4. The lowest BCUT2D eigenvalue weighted by atomic mass is 9.95. The van der Waals surface area contributed by atoms with Crippen molar-refractivity contribution in [2.24, 2.45) is 5.10 Å². The Labute approximate surface area is 186 Å². The Morgan fingerprint density at radius 1 is 1.17 bits per heavy atom. The standard InChI is InChI=1S/C22H26BrN3O3S/c1-17-6-5-7-18(14-17)15-24-25-22(27)16-26(20-8-3-2-4-9-20)30(28,29)21-12-10-19(23)11-13-21/h5-7,10-15,20H,2-4,8-9,16H2,1H3,(H,25,27)/b24-15-. The Morgan fingerprint density at radius 2 is 1.87 bits per heavy atom. The van der Waals surface area contributed by atoms with Gasteiger partial charge >= 0.3 is 0 Å². The van der Waals surface area contributed by atoms with Crippen molar-refractivity contribution in [1.29, 1.82) is 0 Å². The van der Waals surface area contributed by atoms with Gasteiger partial charge in [-0.2, -0.15) is 9.41 Å². The number of carbonyl (C=O) groups excluding carboxylic acids is 1. The molecule has 1 N–H and O–H groups in total. The maximum atomic E-state index is 13.3. The van der Waals surface area contributed by atoms with E-state index in [1.54, 1.807) is 30.5 Å². The third-order valence-corrected chi connectivity index (χ3v) is 7.59. The summed E-state index contributed by atoms with van der Waals surface area (Å²) in [4.78, 5) is 12.7. The summed E-state index contributed by atoms with van der Waals surface area (Å²) in [6.45, 7) is 1.72. The van der Waals surface area contributed by atoms with E-state index in [0.717, 1.165) is 47.7 Å². The van der Waals surface area contributed by atoms with E-state index < -0.39 is 15.9 Å². The second-order valence-electron chi connectivity index (χ2n) is 7.50. The molecule has 30 heavy (non-hydrogen) atoms. The van der Waals surface area contributed by atoms with Crippen LogP contribution in [-0.2, 0) is 14.8 Å². The lowest BCUT2D eigenvalue weighted by molar-refractivity contribution is -0.121. The molecule has 2 aromatic rings. The SMILES string of the molecule is Cc1cccc(/C=N\NC(=O)CN(C2CCCCC2)S(=O)(=O)c2ccc(Br)cc2)c1. The van der Waals surface area contributed by atoms with Crippen LogP contribution in [0.4, 0.5) is 0 Å². The first-order chi connectivity index (χ1) is 14.4. The molecule has 0 saturated heterocycles. The summed E-state index contributed by atoms with van der Waals surface area (Å²) in [7, 11) is -3.80. The van der Waals surface area contributed by atoms with E-state index in [0.29, 0.717) is 0 Å². The predicted octanol–water partition coefficient (Wildman–Crippen LogP) is 4.23. The quantitative estimate of drug-likeness (QED) is 0.464. The first-order valence-electron chi connectivity index (χ1n) is 10.0. The van der Waals surface area contributed by atoms with E-state index in [1.807, 2.05) is 31.2 Å². The van der Waals surface area contributed by atoms with Crippen molar-refractivity contribution < 1.29 is 13.2 Å². The number of nitrogens with zero attached hydrogens (tertiary/aromatic N) is 2. The van der Waals surface area contributed by atoms with Gasteiger partial charge in [0.15, 0.2) is 0 Å². The van der Waals surface area contributed by atoms with Crippen LogP contribution in [0.25, 0.3) is 0 Å². The average molecular weight is 492 g/mol. The lowest BCUT2D eigenvalue weighted by Gasteiger charge is -2.32. The summed E-state index contributed by atoms with van der Waals surface area (Å²) in [6.07, 6.45) is 6.09. The minimum absolute atomic E-state index is 0.182. The third kappa shape index (κ3) is 6.00. The topological polar surface area (TPSA) is 78.8 Å². The van der Waals surface area contributed by atoms with Crippen molar-refractivity contribution in [3.8, 4) is 0 Å². The summed E-state index contributed by atoms with van der Waals surface area (Å²) >= 11 is 3.33. The molecule has 6 nitrogen and oxygen atoms in total. The molecule has 2 aromatic carbocycles. The molecule has 0 heterocycles. The second kappa shape index (κ2) is 10.3. The van der Waals surface area contributed by atoms with Gasteiger partial charge in [0, 0.05) is 10.5 Å². The maximum Gasteiger partial charge on any atom is 0.255 e. The van der Waals surface area contributed by atoms with Gasteiger partial charge in [0.1, 0.15) is 0 Å². The molecule has 3 rings (SSSR count). The Morgan fingerprint density at radius 3 is 2.53 bits per heavy atom. The first kappa shape index (κ1) is 22.7. The highest BCUT2D eigenvalue weighted by molar-refractivity contribution is 9.10. The van der Waals surface area contributed by atoms with Crippen LogP contribution in [0.1, 0.15) is 43.2 Å². The smallest absolute Gasteiger partial charge is 0.255 e. The average Bonchev–Trinajstić information content (AvgIpc) is 2.73. The Kier molecular flexibility index (Phi) is 7.80. The minimum Gasteiger partial charge on any atom is -0.272 e. The van der Waals surface area contributed by atoms with E-state index in [9.17, 15) is 13.2 Å². The number of hydrogen-bond donors (Lipinski definition) is 1. The number of benzene rings is 2. The van der Waals surface area contributed by atoms with Crippen LogP contribution in [0.2, 0.25) is 0 Å². The normalized spacial score (nSPS) is 15.6. The molecule has 8 heteroatoms. The van der Waals surface area contributed by atoms with Crippen LogP contribution in [0, 0.1) is 6.92 Å². The number of sulfonamides is 1. The Balaban J connectivity index is 1.75. The van der Waals surface area contributed by atoms with Crippen LogP contribution in [-0.4, -0.2) is 37.4 Å². The zero-order valence-electron chi connectivity index (χ0n) is 16.9. The zero-order chi connectivity index (χ0) is 21.6. The molecule has 1 fully saturated rings. The summed E-state index contributed by atoms with van der Waals surface area (Å²) < 4.78 is 28.7. The van der Waals surface area contributed by atoms with E-state index in [2.05, 4.69) is 26.5 Å². The molecule has 0 aromatic heterocycles. The van der Waals surface area contributed by atoms with Crippen LogP contribution < -0.4 is 5.43 Å². The number of hydrazone groups is 1. The van der Waals surface area contributed by atoms with Gasteiger partial charge in [-0.15, -0.1) is 0 Å². The fourth-order valence-corrected chi connectivity index (χ4v) is 5.53. The molecule has 160 valence electrons. The largest absolute Gasteiger partial charge is 0.272 e. The Bertz CT molecular complexity index is 1000. The van der Waals surface area contributed by atoms with Gasteiger partial charge in [-0.25, -0.2) is 13.8 Å². The van der Waals surface area contributed by atoms with Crippen molar-refractivity contribution in [3.05, 3.63) is 64.1 Å². The maximum absolute atomic E-state index is 13.3. The van der Waals surface area contributed by atoms with Crippen molar-refractivity contribution in [2.75, 3.05) is 6.54 Å². The summed E-state index contributed by atoms with van der Waals surface area (Å²) in [6, 6.07) is 14.0. The molecular weight excluding hydrogens is 466 g/mol. The number of aryl methyl sites for hydroxylation is 1. The summed E-state index contributed by atoms with van der Waals surface area (Å²) in [5.74, 6) is -0.454. The number of carbonyl (C=O) groups is 1. The van der Waals surface area contributed by atoms with Crippen molar-refractivity contribution in [2.45, 2.75) is 50.0 Å². The van der Waals surface area contributed by atoms with Crippen LogP contribution in [0.15, 0.2) is 63.0 Å². The molecule has 1 amide bonds. The Hall–Kier alpha value is -2.03. The van der Waals surface area contributed by atoms with Gasteiger partial charge in [-0.1, -0.05) is 65.0 Å². The highest BCUT2D eigenvalue weighted by Gasteiger charge is 2.33. The number of nitrogens with one attached hydrogen (secondary N) is 1. The van der Waals surface area contributed by atoms with Gasteiger partial charge < -0.3 is 0 Å². The molecule has 0 radical (unpaired) electrons. The van der Waals surface area contributed by atoms with Crippen molar-refractivity contribution in [1.82, 2.24) is 9.73 Å². The monoisotopic (exact) mass is 491 g/mol. The summed E-state index contributed by atoms with van der Waals surface area (Å²) in [5.41, 5.74) is 4.42. The highest BCUT2D eigenvalue weighted by atomic mass is 79.9. The van der Waals surface area contributed by atoms with Gasteiger partial charge in [-0.3, -0.25) is 4.79 Å². The number of amides is 1. The van der Waals surface area contributed by atoms with Gasteiger partial charge in [0.05, 0.1) is 17.7 Å². The molecule has 1 aliphatic rings. The molecule has 0 unspecified atom stereocenters. The minimum atomic E-state index is -3.80. The molecule has 0 spiro atoms. The second-order valence-corrected chi connectivity index (χ2v) is 10.3. The third-order valence-electron chi connectivity index (χ3n) is 5.15. The molecule has 0 bridgehead atoms. The molecular formula is C22H26BrN3O3S. The zero-order valence-corrected chi connectivity index (χ0v) is 19.3. The van der Waals surface area contributed by atoms with Crippen molar-refractivity contribution >= 4 is 38.1 Å². The van der Waals surface area contributed by atoms with Gasteiger partial charge in [0.25, 0.3) is 5.91 Å². The van der Waals surface area contributed by atoms with E-state index in [-0.39, 0.29) is 17.5 Å². The fourth-order valence-electron chi connectivity index (χ4n) is 3.63. The molecule has 0 aliphatic heterocycles. The molecule has 0 atom stereocenters. The number of halogens is 1. The van der Waals surface area contributed by atoms with E-state index in [1.165, 1.54) is 4.31 Å². The van der Waals surface area contributed by atoms with Crippen molar-refractivity contribution in [3.63, 3.8) is 0 Å². The summed E-state index contributed by atoms with van der Waals surface area (Å²) in [5, 5.41) is 4.00. The first-order valence-corrected chi connectivity index (χ1v) is 12.3. The number of rotatable bonds is 7. The van der Waals surface area contributed by atoms with Gasteiger partial charge in [-0.05, 0) is 49.6 Å². The lowest BCUT2D eigenvalue weighted by Crippen LogP contribution is -2.46. The van der Waals surface area contributed by atoms with Gasteiger partial charge in [0.2, 0.25) is 10.0 Å². The predicted molar refractivity (Wildman–Crippen MR) is 122 cm³/mol. The molecule has 1 aliphatic carbocycles. The fraction of sp³-hybridized carbons (Fsp3) is 0.364. The van der Waals surface area contributed by atoms with E-state index >= 15 is 0 Å². The van der Waals surface area contributed by atoms with Crippen LogP contribution in [0.5, 0.6) is 0 Å². The van der Waals surface area contributed by atoms with Crippen LogP contribution >= 0.6 is 15.9 Å². The molecule has 1 saturated carbocycles. The van der Waals surface area contributed by atoms with E-state index in [4.69, 9.17) is 0 Å². The van der Waals surface area contributed by atoms with Crippen LogP contribution in [0.3, 0.4) is 0 Å². The highest BCUT2D eigenvalue weighted by Crippen LogP contribution is 2.28.